The summed E-state index contributed by atoms with van der Waals surface area (Å²) in [6, 6.07) is 47.1. The van der Waals surface area contributed by atoms with Gasteiger partial charge in [0.25, 0.3) is 0 Å². The first-order chi connectivity index (χ1) is 21.8. The second kappa shape index (κ2) is 9.75. The second-order valence-electron chi connectivity index (χ2n) is 10.9. The lowest BCUT2D eigenvalue weighted by Crippen LogP contribution is -2.00. The molecule has 5 heteroatoms. The van der Waals surface area contributed by atoms with Gasteiger partial charge >= 0.3 is 0 Å². The van der Waals surface area contributed by atoms with Crippen molar-refractivity contribution < 1.29 is 8.83 Å². The molecule has 0 N–H and O–H groups in total. The van der Waals surface area contributed by atoms with Gasteiger partial charge in [-0.05, 0) is 47.5 Å². The Labute approximate surface area is 252 Å². The summed E-state index contributed by atoms with van der Waals surface area (Å²) in [4.78, 5) is 14.8. The molecule has 0 spiro atoms. The molecule has 9 rings (SSSR count). The molecule has 0 aliphatic carbocycles. The Morgan fingerprint density at radius 2 is 0.727 bits per heavy atom. The zero-order valence-corrected chi connectivity index (χ0v) is 23.4. The molecular formula is C39H23N3O2. The molecule has 5 nitrogen and oxygen atoms in total. The van der Waals surface area contributed by atoms with Crippen LogP contribution in [-0.2, 0) is 0 Å². The summed E-state index contributed by atoms with van der Waals surface area (Å²) in [7, 11) is 0. The van der Waals surface area contributed by atoms with Crippen molar-refractivity contribution in [3.8, 4) is 45.3 Å². The predicted molar refractivity (Wildman–Crippen MR) is 176 cm³/mol. The first-order valence-corrected chi connectivity index (χ1v) is 14.5. The fraction of sp³-hybridized carbons (Fsp3) is 0. The van der Waals surface area contributed by atoms with Crippen LogP contribution in [0.1, 0.15) is 0 Å². The van der Waals surface area contributed by atoms with Gasteiger partial charge < -0.3 is 8.83 Å². The molecule has 3 heterocycles. The number of rotatable bonds is 4. The average Bonchev–Trinajstić information content (AvgIpc) is 3.64. The van der Waals surface area contributed by atoms with Gasteiger partial charge in [0.1, 0.15) is 22.3 Å². The highest BCUT2D eigenvalue weighted by molar-refractivity contribution is 6.15. The van der Waals surface area contributed by atoms with E-state index < -0.39 is 0 Å². The van der Waals surface area contributed by atoms with E-state index in [4.69, 9.17) is 23.8 Å². The third-order valence-corrected chi connectivity index (χ3v) is 8.14. The van der Waals surface area contributed by atoms with E-state index in [1.165, 1.54) is 5.56 Å². The highest BCUT2D eigenvalue weighted by Gasteiger charge is 2.17. The maximum absolute atomic E-state index is 6.31. The molecule has 6 aromatic carbocycles. The van der Waals surface area contributed by atoms with Crippen LogP contribution in [-0.4, -0.2) is 15.0 Å². The molecule has 0 amide bonds. The molecular weight excluding hydrogens is 542 g/mol. The molecule has 0 saturated carbocycles. The largest absolute Gasteiger partial charge is 0.456 e. The van der Waals surface area contributed by atoms with Crippen molar-refractivity contribution in [2.75, 3.05) is 0 Å². The van der Waals surface area contributed by atoms with E-state index in [-0.39, 0.29) is 0 Å². The summed E-state index contributed by atoms with van der Waals surface area (Å²) in [6.45, 7) is 0. The van der Waals surface area contributed by atoms with E-state index in [1.807, 2.05) is 78.9 Å². The number of fused-ring (bicyclic) bond motifs is 6. The SMILES string of the molecule is c1ccc(-c2ccc(-c3nc(-c4ccccc4)nc(-c4ccc5oc6cc7c(cc6c5c4)oc4ccccc47)n3)cc2)cc1. The first kappa shape index (κ1) is 24.5. The third-order valence-electron chi connectivity index (χ3n) is 8.14. The second-order valence-corrected chi connectivity index (χ2v) is 10.9. The van der Waals surface area contributed by atoms with Crippen molar-refractivity contribution in [3.05, 3.63) is 140 Å². The summed E-state index contributed by atoms with van der Waals surface area (Å²) in [6.07, 6.45) is 0. The molecule has 0 atom stereocenters. The zero-order chi connectivity index (χ0) is 29.0. The van der Waals surface area contributed by atoms with Gasteiger partial charge in [0, 0.05) is 38.2 Å². The summed E-state index contributed by atoms with van der Waals surface area (Å²) < 4.78 is 12.5. The summed E-state index contributed by atoms with van der Waals surface area (Å²) in [5.41, 5.74) is 8.36. The summed E-state index contributed by atoms with van der Waals surface area (Å²) in [5.74, 6) is 1.84. The van der Waals surface area contributed by atoms with Crippen LogP contribution in [0.5, 0.6) is 0 Å². The van der Waals surface area contributed by atoms with Crippen molar-refractivity contribution >= 4 is 43.9 Å². The molecule has 9 aromatic rings. The van der Waals surface area contributed by atoms with Gasteiger partial charge in [-0.25, -0.2) is 15.0 Å². The van der Waals surface area contributed by atoms with Crippen molar-refractivity contribution in [1.82, 2.24) is 15.0 Å². The van der Waals surface area contributed by atoms with Crippen LogP contribution in [0.3, 0.4) is 0 Å². The van der Waals surface area contributed by atoms with Gasteiger partial charge in [-0.1, -0.05) is 103 Å². The van der Waals surface area contributed by atoms with E-state index >= 15 is 0 Å². The number of aromatic nitrogens is 3. The molecule has 0 aliphatic rings. The summed E-state index contributed by atoms with van der Waals surface area (Å²) in [5, 5.41) is 4.09. The van der Waals surface area contributed by atoms with E-state index in [0.29, 0.717) is 17.5 Å². The van der Waals surface area contributed by atoms with E-state index in [1.54, 1.807) is 0 Å². The smallest absolute Gasteiger partial charge is 0.164 e. The minimum atomic E-state index is 0.599. The van der Waals surface area contributed by atoms with Gasteiger partial charge in [-0.15, -0.1) is 0 Å². The molecule has 0 radical (unpaired) electrons. The quantitative estimate of drug-likeness (QED) is 0.212. The Morgan fingerprint density at radius 3 is 1.41 bits per heavy atom. The number of benzene rings is 6. The molecule has 3 aromatic heterocycles. The Morgan fingerprint density at radius 1 is 0.295 bits per heavy atom. The maximum atomic E-state index is 6.31. The minimum Gasteiger partial charge on any atom is -0.456 e. The number of nitrogens with zero attached hydrogens (tertiary/aromatic N) is 3. The van der Waals surface area contributed by atoms with Crippen LogP contribution in [0.2, 0.25) is 0 Å². The van der Waals surface area contributed by atoms with Gasteiger partial charge in [-0.3, -0.25) is 0 Å². The molecule has 44 heavy (non-hydrogen) atoms. The van der Waals surface area contributed by atoms with Gasteiger partial charge in [0.2, 0.25) is 0 Å². The number of para-hydroxylation sites is 1. The lowest BCUT2D eigenvalue weighted by atomic mass is 10.0. The van der Waals surface area contributed by atoms with Crippen LogP contribution < -0.4 is 0 Å². The van der Waals surface area contributed by atoms with E-state index in [9.17, 15) is 0 Å². The fourth-order valence-electron chi connectivity index (χ4n) is 5.93. The highest BCUT2D eigenvalue weighted by atomic mass is 16.3. The van der Waals surface area contributed by atoms with Crippen LogP contribution >= 0.6 is 0 Å². The Balaban J connectivity index is 1.20. The van der Waals surface area contributed by atoms with Crippen molar-refractivity contribution in [2.45, 2.75) is 0 Å². The standard InChI is InChI=1S/C39H23N3O2/c1-3-9-24(10-4-1)25-15-17-27(18-16-25)38-40-37(26-11-5-2-6-12-26)41-39(42-38)28-19-20-34-30(21-28)32-23-35-31(22-36(32)44-34)29-13-7-8-14-33(29)43-35/h1-23H. The number of hydrogen-bond donors (Lipinski definition) is 0. The lowest BCUT2D eigenvalue weighted by Gasteiger charge is -2.09. The van der Waals surface area contributed by atoms with Crippen molar-refractivity contribution in [2.24, 2.45) is 0 Å². The molecule has 0 aliphatic heterocycles. The summed E-state index contributed by atoms with van der Waals surface area (Å²) >= 11 is 0. The molecule has 0 saturated heterocycles. The minimum absolute atomic E-state index is 0.599. The Hall–Kier alpha value is -6.07. The normalized spacial score (nSPS) is 11.6. The van der Waals surface area contributed by atoms with Crippen LogP contribution in [0.4, 0.5) is 0 Å². The highest BCUT2D eigenvalue weighted by Crippen LogP contribution is 2.38. The van der Waals surface area contributed by atoms with Gasteiger partial charge in [-0.2, -0.15) is 0 Å². The van der Waals surface area contributed by atoms with Crippen LogP contribution in [0.25, 0.3) is 89.2 Å². The Bertz CT molecular complexity index is 2480. The maximum Gasteiger partial charge on any atom is 0.164 e. The molecule has 0 bridgehead atoms. The topological polar surface area (TPSA) is 65.0 Å². The van der Waals surface area contributed by atoms with Crippen LogP contribution in [0, 0.1) is 0 Å². The fourth-order valence-corrected chi connectivity index (χ4v) is 5.93. The van der Waals surface area contributed by atoms with Crippen molar-refractivity contribution in [1.29, 1.82) is 0 Å². The van der Waals surface area contributed by atoms with Crippen LogP contribution in [0.15, 0.2) is 148 Å². The lowest BCUT2D eigenvalue weighted by molar-refractivity contribution is 0.664. The van der Waals surface area contributed by atoms with E-state index in [2.05, 4.69) is 60.7 Å². The average molecular weight is 566 g/mol. The molecule has 206 valence electrons. The Kier molecular flexibility index (Phi) is 5.43. The first-order valence-electron chi connectivity index (χ1n) is 14.5. The van der Waals surface area contributed by atoms with Gasteiger partial charge in [0.15, 0.2) is 17.5 Å². The zero-order valence-electron chi connectivity index (χ0n) is 23.4. The monoisotopic (exact) mass is 565 g/mol. The third kappa shape index (κ3) is 4.06. The molecule has 0 fully saturated rings. The van der Waals surface area contributed by atoms with Crippen molar-refractivity contribution in [3.63, 3.8) is 0 Å². The number of hydrogen-bond acceptors (Lipinski definition) is 5. The predicted octanol–water partition coefficient (Wildman–Crippen LogP) is 10.3. The van der Waals surface area contributed by atoms with Gasteiger partial charge in [0.05, 0.1) is 0 Å². The van der Waals surface area contributed by atoms with E-state index in [0.717, 1.165) is 66.1 Å². The number of furan rings is 2. The molecule has 0 unspecified atom stereocenters.